The molecule has 4 nitrogen and oxygen atoms in total. The lowest BCUT2D eigenvalue weighted by Gasteiger charge is -2.25. The first-order chi connectivity index (χ1) is 12.6. The Balaban J connectivity index is 1.67. The van der Waals surface area contributed by atoms with Crippen LogP contribution in [0.4, 0.5) is 11.4 Å². The first kappa shape index (κ1) is 16.3. The summed E-state index contributed by atoms with van der Waals surface area (Å²) in [6.07, 6.45) is 0.832. The second-order valence-electron chi connectivity index (χ2n) is 6.53. The second-order valence-corrected chi connectivity index (χ2v) is 6.53. The van der Waals surface area contributed by atoms with E-state index in [1.807, 2.05) is 60.7 Å². The predicted molar refractivity (Wildman–Crippen MR) is 105 cm³/mol. The Kier molecular flexibility index (Phi) is 3.96. The number of para-hydroxylation sites is 1. The highest BCUT2D eigenvalue weighted by Crippen LogP contribution is 2.38. The molecule has 0 aromatic heterocycles. The lowest BCUT2D eigenvalue weighted by atomic mass is 10.1. The Labute approximate surface area is 152 Å². The van der Waals surface area contributed by atoms with Crippen LogP contribution in [0.15, 0.2) is 60.7 Å². The zero-order valence-corrected chi connectivity index (χ0v) is 14.8. The minimum Gasteiger partial charge on any atom is -0.324 e. The van der Waals surface area contributed by atoms with E-state index in [4.69, 9.17) is 0 Å². The van der Waals surface area contributed by atoms with E-state index in [1.54, 1.807) is 11.8 Å². The van der Waals surface area contributed by atoms with Crippen molar-refractivity contribution in [2.75, 3.05) is 10.2 Å². The number of benzene rings is 3. The van der Waals surface area contributed by atoms with Crippen molar-refractivity contribution in [1.29, 1.82) is 0 Å². The molecule has 1 aliphatic rings. The molecule has 2 amide bonds. The molecule has 26 heavy (non-hydrogen) atoms. The van der Waals surface area contributed by atoms with E-state index in [-0.39, 0.29) is 11.8 Å². The van der Waals surface area contributed by atoms with Gasteiger partial charge in [0.25, 0.3) is 5.91 Å². The molecule has 1 N–H and O–H groups in total. The molecule has 1 atom stereocenters. The van der Waals surface area contributed by atoms with Crippen molar-refractivity contribution in [3.63, 3.8) is 0 Å². The van der Waals surface area contributed by atoms with E-state index < -0.39 is 6.04 Å². The second kappa shape index (κ2) is 6.30. The molecule has 0 spiro atoms. The van der Waals surface area contributed by atoms with Gasteiger partial charge in [0, 0.05) is 16.6 Å². The normalized spacial score (nSPS) is 13.9. The van der Waals surface area contributed by atoms with Gasteiger partial charge in [-0.05, 0) is 42.5 Å². The van der Waals surface area contributed by atoms with Gasteiger partial charge in [-0.25, -0.2) is 0 Å². The van der Waals surface area contributed by atoms with E-state index in [0.717, 1.165) is 34.1 Å². The number of hydrogen-bond acceptors (Lipinski definition) is 2. The van der Waals surface area contributed by atoms with E-state index in [2.05, 4.69) is 12.2 Å². The SMILES string of the molecule is CCc1ccccc1NC(=O)[C@H](C)N1C(=O)c2cccc3cccc1c23. The molecule has 1 aliphatic heterocycles. The molecule has 4 heteroatoms. The van der Waals surface area contributed by atoms with Crippen LogP contribution in [-0.4, -0.2) is 17.9 Å². The monoisotopic (exact) mass is 344 g/mol. The highest BCUT2D eigenvalue weighted by Gasteiger charge is 2.35. The van der Waals surface area contributed by atoms with Crippen LogP contribution < -0.4 is 10.2 Å². The van der Waals surface area contributed by atoms with Gasteiger partial charge in [-0.2, -0.15) is 0 Å². The lowest BCUT2D eigenvalue weighted by Crippen LogP contribution is -2.44. The maximum absolute atomic E-state index is 12.9. The zero-order chi connectivity index (χ0) is 18.3. The topological polar surface area (TPSA) is 49.4 Å². The van der Waals surface area contributed by atoms with Crippen molar-refractivity contribution < 1.29 is 9.59 Å². The third-order valence-corrected chi connectivity index (χ3v) is 5.01. The smallest absolute Gasteiger partial charge is 0.259 e. The summed E-state index contributed by atoms with van der Waals surface area (Å²) >= 11 is 0. The van der Waals surface area contributed by atoms with Gasteiger partial charge in [0.1, 0.15) is 6.04 Å². The maximum atomic E-state index is 12.9. The number of anilines is 2. The van der Waals surface area contributed by atoms with Gasteiger partial charge in [0.15, 0.2) is 0 Å². The van der Waals surface area contributed by atoms with Gasteiger partial charge in [-0.3, -0.25) is 14.5 Å². The van der Waals surface area contributed by atoms with Gasteiger partial charge < -0.3 is 5.32 Å². The Hall–Kier alpha value is -3.14. The van der Waals surface area contributed by atoms with Crippen molar-refractivity contribution >= 4 is 34.0 Å². The van der Waals surface area contributed by atoms with Crippen LogP contribution in [0.3, 0.4) is 0 Å². The molecule has 0 unspecified atom stereocenters. The van der Waals surface area contributed by atoms with Gasteiger partial charge in [0.2, 0.25) is 5.91 Å². The van der Waals surface area contributed by atoms with Crippen LogP contribution in [-0.2, 0) is 11.2 Å². The number of rotatable bonds is 4. The fourth-order valence-electron chi connectivity index (χ4n) is 3.63. The highest BCUT2D eigenvalue weighted by molar-refractivity contribution is 6.26. The molecule has 0 bridgehead atoms. The van der Waals surface area contributed by atoms with E-state index in [1.165, 1.54) is 0 Å². The van der Waals surface area contributed by atoms with Crippen LogP contribution in [0.25, 0.3) is 10.8 Å². The number of nitrogens with one attached hydrogen (secondary N) is 1. The van der Waals surface area contributed by atoms with E-state index in [0.29, 0.717) is 5.56 Å². The third kappa shape index (κ3) is 2.46. The summed E-state index contributed by atoms with van der Waals surface area (Å²) in [5.41, 5.74) is 3.33. The summed E-state index contributed by atoms with van der Waals surface area (Å²) in [5.74, 6) is -0.313. The third-order valence-electron chi connectivity index (χ3n) is 5.01. The number of nitrogens with zero attached hydrogens (tertiary/aromatic N) is 1. The standard InChI is InChI=1S/C22H20N2O2/c1-3-15-8-4-5-12-18(15)23-21(25)14(2)24-19-13-7-10-16-9-6-11-17(20(16)19)22(24)26/h4-14H,3H2,1-2H3,(H,23,25)/t14-/m0/s1. The Morgan fingerprint density at radius 3 is 2.54 bits per heavy atom. The molecule has 0 fully saturated rings. The molecule has 3 aromatic rings. The number of hydrogen-bond donors (Lipinski definition) is 1. The van der Waals surface area contributed by atoms with Crippen molar-refractivity contribution in [2.24, 2.45) is 0 Å². The first-order valence-corrected chi connectivity index (χ1v) is 8.86. The highest BCUT2D eigenvalue weighted by atomic mass is 16.2. The van der Waals surface area contributed by atoms with Crippen molar-refractivity contribution in [3.8, 4) is 0 Å². The summed E-state index contributed by atoms with van der Waals surface area (Å²) in [4.78, 5) is 27.4. The van der Waals surface area contributed by atoms with Crippen LogP contribution in [0.2, 0.25) is 0 Å². The van der Waals surface area contributed by atoms with Crippen molar-refractivity contribution in [1.82, 2.24) is 0 Å². The van der Waals surface area contributed by atoms with Gasteiger partial charge in [-0.1, -0.05) is 49.4 Å². The predicted octanol–water partition coefficient (Wildman–Crippen LogP) is 4.39. The molecular weight excluding hydrogens is 324 g/mol. The number of aryl methyl sites for hydroxylation is 1. The van der Waals surface area contributed by atoms with Crippen LogP contribution >= 0.6 is 0 Å². The number of amides is 2. The first-order valence-electron chi connectivity index (χ1n) is 8.86. The maximum Gasteiger partial charge on any atom is 0.259 e. The Morgan fingerprint density at radius 2 is 1.77 bits per heavy atom. The average Bonchev–Trinajstić information content (AvgIpc) is 2.96. The van der Waals surface area contributed by atoms with Gasteiger partial charge in [-0.15, -0.1) is 0 Å². The molecule has 1 heterocycles. The van der Waals surface area contributed by atoms with Crippen LogP contribution in [0.5, 0.6) is 0 Å². The summed E-state index contributed by atoms with van der Waals surface area (Å²) in [6, 6.07) is 18.6. The molecule has 0 saturated carbocycles. The van der Waals surface area contributed by atoms with Crippen LogP contribution in [0.1, 0.15) is 29.8 Å². The minimum atomic E-state index is -0.606. The van der Waals surface area contributed by atoms with E-state index in [9.17, 15) is 9.59 Å². The fourth-order valence-corrected chi connectivity index (χ4v) is 3.63. The van der Waals surface area contributed by atoms with E-state index >= 15 is 0 Å². The molecule has 0 radical (unpaired) electrons. The molecule has 3 aromatic carbocycles. The van der Waals surface area contributed by atoms with Crippen molar-refractivity contribution in [2.45, 2.75) is 26.3 Å². The summed E-state index contributed by atoms with van der Waals surface area (Å²) < 4.78 is 0. The summed E-state index contributed by atoms with van der Waals surface area (Å²) in [6.45, 7) is 3.82. The zero-order valence-electron chi connectivity index (χ0n) is 14.8. The largest absolute Gasteiger partial charge is 0.324 e. The van der Waals surface area contributed by atoms with Gasteiger partial charge in [0.05, 0.1) is 5.69 Å². The fraction of sp³-hybridized carbons (Fsp3) is 0.182. The van der Waals surface area contributed by atoms with Crippen molar-refractivity contribution in [3.05, 3.63) is 71.8 Å². The number of carbonyl (C=O) groups is 2. The molecule has 0 aliphatic carbocycles. The van der Waals surface area contributed by atoms with Crippen LogP contribution in [0, 0.1) is 0 Å². The lowest BCUT2D eigenvalue weighted by molar-refractivity contribution is -0.117. The molecule has 0 saturated heterocycles. The Morgan fingerprint density at radius 1 is 1.04 bits per heavy atom. The molecular formula is C22H20N2O2. The summed E-state index contributed by atoms with van der Waals surface area (Å²) in [5, 5.41) is 4.92. The minimum absolute atomic E-state index is 0.122. The molecule has 130 valence electrons. The average molecular weight is 344 g/mol. The number of carbonyl (C=O) groups excluding carboxylic acids is 2. The summed E-state index contributed by atoms with van der Waals surface area (Å²) in [7, 11) is 0. The quantitative estimate of drug-likeness (QED) is 0.763. The Bertz CT molecular complexity index is 1020. The molecule has 4 rings (SSSR count). The van der Waals surface area contributed by atoms with Gasteiger partial charge >= 0.3 is 0 Å².